The van der Waals surface area contributed by atoms with E-state index in [0.717, 1.165) is 59.6 Å². The van der Waals surface area contributed by atoms with Gasteiger partial charge >= 0.3 is 0 Å². The summed E-state index contributed by atoms with van der Waals surface area (Å²) in [6.45, 7) is 4.18. The van der Waals surface area contributed by atoms with Crippen molar-refractivity contribution in [1.29, 1.82) is 0 Å². The van der Waals surface area contributed by atoms with Crippen LogP contribution in [0.15, 0.2) is 97.6 Å². The number of aliphatic hydroxyl groups is 4. The summed E-state index contributed by atoms with van der Waals surface area (Å²) in [5.74, 6) is 0. The highest BCUT2D eigenvalue weighted by molar-refractivity contribution is 5.71. The van der Waals surface area contributed by atoms with Gasteiger partial charge in [0.25, 0.3) is 0 Å². The third-order valence-corrected chi connectivity index (χ3v) is 7.85. The first-order valence-electron chi connectivity index (χ1n) is 16.1. The molecule has 8 nitrogen and oxygen atoms in total. The molecule has 2 aromatic carbocycles. The standard InChI is InChI=1S/C38H48N4O4/c43-29-25-41(26-30-44)37-11-7-33(8-12-37)3-5-35-15-21-39(22-16-35)19-1-2-20-40-23-17-36(18-24-40)6-4-34-9-13-38(14-10-34)42(27-31-45)28-32-46/h3-18,21-24,43-46H,1-2,19-20,25-32H2/q+2. The molecule has 0 aliphatic rings. The van der Waals surface area contributed by atoms with Crippen LogP contribution in [-0.4, -0.2) is 73.0 Å². The minimum absolute atomic E-state index is 0.0563. The molecule has 0 saturated heterocycles. The third-order valence-electron chi connectivity index (χ3n) is 7.85. The van der Waals surface area contributed by atoms with Crippen LogP contribution in [0.4, 0.5) is 11.4 Å². The lowest BCUT2D eigenvalue weighted by Gasteiger charge is -2.22. The molecule has 0 atom stereocenters. The molecule has 2 heterocycles. The minimum atomic E-state index is 0.0563. The van der Waals surface area contributed by atoms with Gasteiger partial charge in [-0.05, 0) is 46.5 Å². The molecule has 0 unspecified atom stereocenters. The maximum atomic E-state index is 9.25. The molecule has 0 amide bonds. The Morgan fingerprint density at radius 1 is 0.413 bits per heavy atom. The van der Waals surface area contributed by atoms with Gasteiger partial charge in [0.2, 0.25) is 0 Å². The second-order valence-corrected chi connectivity index (χ2v) is 11.2. The van der Waals surface area contributed by atoms with Crippen molar-refractivity contribution in [2.75, 3.05) is 62.4 Å². The number of rotatable bonds is 19. The summed E-state index contributed by atoms with van der Waals surface area (Å²) in [6, 6.07) is 24.8. The predicted molar refractivity (Wildman–Crippen MR) is 186 cm³/mol. The van der Waals surface area contributed by atoms with Gasteiger partial charge in [0, 0.05) is 74.7 Å². The van der Waals surface area contributed by atoms with Crippen molar-refractivity contribution in [3.8, 4) is 0 Å². The van der Waals surface area contributed by atoms with Gasteiger partial charge in [-0.15, -0.1) is 0 Å². The van der Waals surface area contributed by atoms with E-state index in [1.807, 2.05) is 34.1 Å². The number of unbranched alkanes of at least 4 members (excludes halogenated alkanes) is 1. The van der Waals surface area contributed by atoms with E-state index in [-0.39, 0.29) is 26.4 Å². The number of aliphatic hydroxyl groups excluding tert-OH is 4. The Morgan fingerprint density at radius 3 is 0.978 bits per heavy atom. The SMILES string of the molecule is OCCN(CCO)c1ccc(/C=C/c2cc[n+](CCCC[n+]3ccc(/C=C/c4ccc(N(CCO)CCO)cc4)cc3)cc2)cc1. The molecule has 0 aliphatic heterocycles. The van der Waals surface area contributed by atoms with Crippen molar-refractivity contribution in [3.05, 3.63) is 120 Å². The molecule has 0 spiro atoms. The van der Waals surface area contributed by atoms with Crippen molar-refractivity contribution in [2.24, 2.45) is 0 Å². The molecular weight excluding hydrogens is 576 g/mol. The lowest BCUT2D eigenvalue weighted by atomic mass is 10.1. The van der Waals surface area contributed by atoms with E-state index in [4.69, 9.17) is 0 Å². The second-order valence-electron chi connectivity index (χ2n) is 11.2. The van der Waals surface area contributed by atoms with Gasteiger partial charge in [0.15, 0.2) is 24.8 Å². The van der Waals surface area contributed by atoms with Crippen LogP contribution in [0.5, 0.6) is 0 Å². The number of benzene rings is 2. The van der Waals surface area contributed by atoms with E-state index in [1.165, 1.54) is 0 Å². The van der Waals surface area contributed by atoms with Crippen molar-refractivity contribution >= 4 is 35.7 Å². The van der Waals surface area contributed by atoms with E-state index in [0.29, 0.717) is 26.2 Å². The van der Waals surface area contributed by atoms with Crippen LogP contribution in [-0.2, 0) is 13.1 Å². The van der Waals surface area contributed by atoms with Crippen LogP contribution in [0.25, 0.3) is 24.3 Å². The Bertz CT molecular complexity index is 1340. The first-order chi connectivity index (χ1) is 22.6. The van der Waals surface area contributed by atoms with Crippen LogP contribution in [0, 0.1) is 0 Å². The van der Waals surface area contributed by atoms with Crippen LogP contribution in [0.2, 0.25) is 0 Å². The molecular formula is C38H48N4O4+2. The van der Waals surface area contributed by atoms with Crippen LogP contribution in [0.3, 0.4) is 0 Å². The van der Waals surface area contributed by atoms with Crippen LogP contribution >= 0.6 is 0 Å². The zero-order valence-corrected chi connectivity index (χ0v) is 26.6. The predicted octanol–water partition coefficient (Wildman–Crippen LogP) is 3.66. The molecule has 8 heteroatoms. The van der Waals surface area contributed by atoms with Crippen molar-refractivity contribution in [1.82, 2.24) is 0 Å². The zero-order valence-electron chi connectivity index (χ0n) is 26.6. The molecule has 4 rings (SSSR count). The quantitative estimate of drug-likeness (QED) is 0.0940. The normalized spacial score (nSPS) is 11.5. The fraction of sp³-hybridized carbons (Fsp3) is 0.316. The van der Waals surface area contributed by atoms with Crippen molar-refractivity contribution < 1.29 is 29.6 Å². The van der Waals surface area contributed by atoms with E-state index in [2.05, 4.69) is 107 Å². The van der Waals surface area contributed by atoms with Gasteiger partial charge in [-0.2, -0.15) is 0 Å². The third kappa shape index (κ3) is 11.2. The smallest absolute Gasteiger partial charge is 0.169 e. The highest BCUT2D eigenvalue weighted by Crippen LogP contribution is 2.18. The lowest BCUT2D eigenvalue weighted by Crippen LogP contribution is -2.35. The van der Waals surface area contributed by atoms with Crippen molar-refractivity contribution in [3.63, 3.8) is 0 Å². The van der Waals surface area contributed by atoms with Gasteiger partial charge in [0.05, 0.1) is 26.4 Å². The monoisotopic (exact) mass is 624 g/mol. The van der Waals surface area contributed by atoms with Crippen molar-refractivity contribution in [2.45, 2.75) is 25.9 Å². The van der Waals surface area contributed by atoms with Gasteiger partial charge in [-0.25, -0.2) is 9.13 Å². The van der Waals surface area contributed by atoms with Gasteiger partial charge in [0.1, 0.15) is 13.1 Å². The summed E-state index contributed by atoms with van der Waals surface area (Å²) in [7, 11) is 0. The summed E-state index contributed by atoms with van der Waals surface area (Å²) in [5.41, 5.74) is 6.47. The molecule has 0 bridgehead atoms. The molecule has 0 fully saturated rings. The van der Waals surface area contributed by atoms with E-state index >= 15 is 0 Å². The molecule has 46 heavy (non-hydrogen) atoms. The van der Waals surface area contributed by atoms with Gasteiger partial charge < -0.3 is 30.2 Å². The summed E-state index contributed by atoms with van der Waals surface area (Å²) >= 11 is 0. The summed E-state index contributed by atoms with van der Waals surface area (Å²) in [4.78, 5) is 3.94. The minimum Gasteiger partial charge on any atom is -0.395 e. The largest absolute Gasteiger partial charge is 0.395 e. The number of aryl methyl sites for hydroxylation is 2. The Kier molecular flexibility index (Phi) is 14.4. The lowest BCUT2D eigenvalue weighted by molar-refractivity contribution is -0.708. The molecule has 4 aromatic rings. The number of pyridine rings is 2. The maximum Gasteiger partial charge on any atom is 0.169 e. The highest BCUT2D eigenvalue weighted by atomic mass is 16.3. The fourth-order valence-corrected chi connectivity index (χ4v) is 5.25. The average molecular weight is 625 g/mol. The second kappa shape index (κ2) is 19.2. The molecule has 2 aromatic heterocycles. The number of aromatic nitrogens is 2. The van der Waals surface area contributed by atoms with Gasteiger partial charge in [-0.1, -0.05) is 48.6 Å². The van der Waals surface area contributed by atoms with Crippen LogP contribution in [0.1, 0.15) is 35.1 Å². The van der Waals surface area contributed by atoms with Crippen LogP contribution < -0.4 is 18.9 Å². The van der Waals surface area contributed by atoms with E-state index in [9.17, 15) is 20.4 Å². The first kappa shape index (κ1) is 34.5. The van der Waals surface area contributed by atoms with E-state index in [1.54, 1.807) is 0 Å². The summed E-state index contributed by atoms with van der Waals surface area (Å²) in [5, 5.41) is 37.0. The first-order valence-corrected chi connectivity index (χ1v) is 16.1. The Balaban J connectivity index is 1.18. The molecule has 0 saturated carbocycles. The molecule has 242 valence electrons. The number of nitrogens with zero attached hydrogens (tertiary/aromatic N) is 4. The van der Waals surface area contributed by atoms with Gasteiger partial charge in [-0.3, -0.25) is 0 Å². The number of hydrogen-bond donors (Lipinski definition) is 4. The Hall–Kier alpha value is -4.34. The summed E-state index contributed by atoms with van der Waals surface area (Å²) in [6.07, 6.45) is 19.1. The highest BCUT2D eigenvalue weighted by Gasteiger charge is 2.07. The average Bonchev–Trinajstić information content (AvgIpc) is 3.10. The Morgan fingerprint density at radius 2 is 0.696 bits per heavy atom. The molecule has 4 N–H and O–H groups in total. The molecule has 0 aliphatic carbocycles. The fourth-order valence-electron chi connectivity index (χ4n) is 5.25. The zero-order chi connectivity index (χ0) is 32.4. The molecule has 0 radical (unpaired) electrons. The maximum absolute atomic E-state index is 9.25. The van der Waals surface area contributed by atoms with E-state index < -0.39 is 0 Å². The number of hydrogen-bond acceptors (Lipinski definition) is 6. The summed E-state index contributed by atoms with van der Waals surface area (Å²) < 4.78 is 4.45. The topological polar surface area (TPSA) is 95.2 Å². The Labute approximate surface area is 273 Å². The number of anilines is 2.